The smallest absolute Gasteiger partial charge is 0.348 e. The minimum atomic E-state index is -0.376. The van der Waals surface area contributed by atoms with Gasteiger partial charge >= 0.3 is 5.97 Å². The number of amides is 1. The molecule has 0 unspecified atom stereocenters. The number of thiophene rings is 1. The Morgan fingerprint density at radius 3 is 2.51 bits per heavy atom. The highest BCUT2D eigenvalue weighted by molar-refractivity contribution is 7.20. The van der Waals surface area contributed by atoms with Gasteiger partial charge in [0.05, 0.1) is 13.7 Å². The number of carbonyl (C=O) groups is 2. The normalized spacial score (nSPS) is 10.9. The molecule has 7 heteroatoms. The zero-order valence-electron chi connectivity index (χ0n) is 20.4. The number of fused-ring (bicyclic) bond motifs is 2. The molecule has 1 N–H and O–H groups in total. The molecular formula is C30H25NO5S. The van der Waals surface area contributed by atoms with Gasteiger partial charge in [-0.15, -0.1) is 11.3 Å². The summed E-state index contributed by atoms with van der Waals surface area (Å²) in [6, 6.07) is 26.6. The van der Waals surface area contributed by atoms with Crippen LogP contribution in [0, 0.1) is 0 Å². The summed E-state index contributed by atoms with van der Waals surface area (Å²) in [7, 11) is 1.36. The fraction of sp³-hybridized carbons (Fsp3) is 0.133. The van der Waals surface area contributed by atoms with Crippen LogP contribution in [0.4, 0.5) is 5.69 Å². The summed E-state index contributed by atoms with van der Waals surface area (Å²) in [6.07, 6.45) is 0. The van der Waals surface area contributed by atoms with Gasteiger partial charge < -0.3 is 19.5 Å². The third kappa shape index (κ3) is 5.27. The van der Waals surface area contributed by atoms with Gasteiger partial charge in [-0.3, -0.25) is 4.79 Å². The maximum atomic E-state index is 13.1. The molecule has 0 aliphatic rings. The van der Waals surface area contributed by atoms with E-state index >= 15 is 0 Å². The first kappa shape index (κ1) is 24.3. The molecule has 0 aliphatic carbocycles. The molecule has 0 aliphatic heterocycles. The van der Waals surface area contributed by atoms with Gasteiger partial charge in [0.15, 0.2) is 0 Å². The average molecular weight is 512 g/mol. The fourth-order valence-electron chi connectivity index (χ4n) is 4.13. The molecular weight excluding hydrogens is 486 g/mol. The number of ether oxygens (including phenoxy) is 3. The number of nitrogens with one attached hydrogen (secondary N) is 1. The Hall–Kier alpha value is -4.36. The van der Waals surface area contributed by atoms with E-state index in [1.54, 1.807) is 24.3 Å². The number of anilines is 1. The molecule has 0 saturated carbocycles. The summed E-state index contributed by atoms with van der Waals surface area (Å²) in [5.74, 6) is 0.816. The lowest BCUT2D eigenvalue weighted by atomic mass is 10.1. The van der Waals surface area contributed by atoms with Crippen LogP contribution in [0.3, 0.4) is 0 Å². The van der Waals surface area contributed by atoms with Crippen molar-refractivity contribution in [1.82, 2.24) is 0 Å². The Morgan fingerprint density at radius 1 is 0.838 bits per heavy atom. The van der Waals surface area contributed by atoms with Gasteiger partial charge in [-0.1, -0.05) is 36.4 Å². The lowest BCUT2D eigenvalue weighted by molar-refractivity contribution is 0.0606. The lowest BCUT2D eigenvalue weighted by Gasteiger charge is -2.14. The van der Waals surface area contributed by atoms with Gasteiger partial charge in [-0.05, 0) is 66.2 Å². The SMILES string of the molecule is CCOc1ccc(C(=O)Nc2ccc3sc(C(=O)OC)cc3c2)cc1COc1cccc2ccccc12. The van der Waals surface area contributed by atoms with E-state index in [1.165, 1.54) is 18.4 Å². The van der Waals surface area contributed by atoms with E-state index in [0.29, 0.717) is 28.5 Å². The minimum Gasteiger partial charge on any atom is -0.493 e. The number of carbonyl (C=O) groups excluding carboxylic acids is 2. The highest BCUT2D eigenvalue weighted by Gasteiger charge is 2.14. The highest BCUT2D eigenvalue weighted by Crippen LogP contribution is 2.30. The molecule has 0 saturated heterocycles. The summed E-state index contributed by atoms with van der Waals surface area (Å²) < 4.78 is 17.7. The Bertz CT molecular complexity index is 1600. The zero-order chi connectivity index (χ0) is 25.8. The third-order valence-electron chi connectivity index (χ3n) is 5.92. The van der Waals surface area contributed by atoms with Crippen LogP contribution in [0.25, 0.3) is 20.9 Å². The second kappa shape index (κ2) is 10.7. The van der Waals surface area contributed by atoms with Crippen molar-refractivity contribution in [3.63, 3.8) is 0 Å². The van der Waals surface area contributed by atoms with E-state index in [-0.39, 0.29) is 18.5 Å². The predicted molar refractivity (Wildman–Crippen MR) is 147 cm³/mol. The second-order valence-electron chi connectivity index (χ2n) is 8.33. The Balaban J connectivity index is 1.36. The van der Waals surface area contributed by atoms with Crippen LogP contribution in [0.5, 0.6) is 11.5 Å². The van der Waals surface area contributed by atoms with Crippen molar-refractivity contribution in [1.29, 1.82) is 0 Å². The van der Waals surface area contributed by atoms with Gasteiger partial charge in [-0.2, -0.15) is 0 Å². The maximum Gasteiger partial charge on any atom is 0.348 e. The summed E-state index contributed by atoms with van der Waals surface area (Å²) in [4.78, 5) is 25.5. The maximum absolute atomic E-state index is 13.1. The van der Waals surface area contributed by atoms with Gasteiger partial charge in [-0.25, -0.2) is 4.79 Å². The average Bonchev–Trinajstić information content (AvgIpc) is 3.35. The molecule has 0 fully saturated rings. The first-order valence-corrected chi connectivity index (χ1v) is 12.7. The third-order valence-corrected chi connectivity index (χ3v) is 7.01. The molecule has 0 atom stereocenters. The Morgan fingerprint density at radius 2 is 1.68 bits per heavy atom. The van der Waals surface area contributed by atoms with Crippen molar-refractivity contribution in [2.24, 2.45) is 0 Å². The van der Waals surface area contributed by atoms with Crippen LogP contribution in [0.15, 0.2) is 84.9 Å². The van der Waals surface area contributed by atoms with Crippen molar-refractivity contribution in [2.45, 2.75) is 13.5 Å². The van der Waals surface area contributed by atoms with Crippen molar-refractivity contribution in [3.05, 3.63) is 101 Å². The van der Waals surface area contributed by atoms with Gasteiger partial charge in [0, 0.05) is 26.9 Å². The molecule has 5 aromatic rings. The van der Waals surface area contributed by atoms with Crippen LogP contribution in [-0.4, -0.2) is 25.6 Å². The summed E-state index contributed by atoms with van der Waals surface area (Å²) in [6.45, 7) is 2.67. The van der Waals surface area contributed by atoms with Crippen LogP contribution >= 0.6 is 11.3 Å². The largest absolute Gasteiger partial charge is 0.493 e. The van der Waals surface area contributed by atoms with Gasteiger partial charge in [0.25, 0.3) is 5.91 Å². The van der Waals surface area contributed by atoms with E-state index in [1.807, 2.05) is 67.6 Å². The molecule has 186 valence electrons. The zero-order valence-corrected chi connectivity index (χ0v) is 21.3. The van der Waals surface area contributed by atoms with Crippen molar-refractivity contribution in [3.8, 4) is 11.5 Å². The quantitative estimate of drug-likeness (QED) is 0.226. The molecule has 0 radical (unpaired) electrons. The lowest BCUT2D eigenvalue weighted by Crippen LogP contribution is -2.13. The molecule has 6 nitrogen and oxygen atoms in total. The fourth-order valence-corrected chi connectivity index (χ4v) is 5.09. The molecule has 1 amide bonds. The number of rotatable bonds is 8. The van der Waals surface area contributed by atoms with Crippen LogP contribution in [-0.2, 0) is 11.3 Å². The Labute approximate surface area is 218 Å². The molecule has 1 heterocycles. The number of hydrogen-bond donors (Lipinski definition) is 1. The number of benzene rings is 4. The highest BCUT2D eigenvalue weighted by atomic mass is 32.1. The standard InChI is InChI=1S/C30H25NO5S/c1-3-35-25-13-11-20(15-22(25)18-36-26-10-6-8-19-7-4-5-9-24(19)26)29(32)31-23-12-14-27-21(16-23)17-28(37-27)30(33)34-2/h4-17H,3,18H2,1-2H3,(H,31,32). The summed E-state index contributed by atoms with van der Waals surface area (Å²) in [5.41, 5.74) is 1.90. The summed E-state index contributed by atoms with van der Waals surface area (Å²) in [5, 5.41) is 5.93. The van der Waals surface area contributed by atoms with E-state index in [0.717, 1.165) is 32.2 Å². The number of esters is 1. The molecule has 5 rings (SSSR count). The Kier molecular flexibility index (Phi) is 7.05. The van der Waals surface area contributed by atoms with E-state index in [9.17, 15) is 9.59 Å². The van der Waals surface area contributed by atoms with Crippen LogP contribution in [0.2, 0.25) is 0 Å². The first-order valence-electron chi connectivity index (χ1n) is 11.8. The molecule has 1 aromatic heterocycles. The second-order valence-corrected chi connectivity index (χ2v) is 9.41. The summed E-state index contributed by atoms with van der Waals surface area (Å²) >= 11 is 1.35. The van der Waals surface area contributed by atoms with Crippen LogP contribution in [0.1, 0.15) is 32.5 Å². The van der Waals surface area contributed by atoms with E-state index < -0.39 is 0 Å². The molecule has 4 aromatic carbocycles. The van der Waals surface area contributed by atoms with Gasteiger partial charge in [0.2, 0.25) is 0 Å². The number of hydrogen-bond acceptors (Lipinski definition) is 6. The van der Waals surface area contributed by atoms with Crippen molar-refractivity contribution >= 4 is 49.8 Å². The first-order chi connectivity index (χ1) is 18.1. The van der Waals surface area contributed by atoms with Gasteiger partial charge in [0.1, 0.15) is 23.0 Å². The topological polar surface area (TPSA) is 73.9 Å². The predicted octanol–water partition coefficient (Wildman–Crippen LogP) is 7.07. The monoisotopic (exact) mass is 511 g/mol. The minimum absolute atomic E-state index is 0.252. The van der Waals surface area contributed by atoms with E-state index in [4.69, 9.17) is 14.2 Å². The van der Waals surface area contributed by atoms with E-state index in [2.05, 4.69) is 5.32 Å². The molecule has 37 heavy (non-hydrogen) atoms. The van der Waals surface area contributed by atoms with Crippen molar-refractivity contribution in [2.75, 3.05) is 19.0 Å². The molecule has 0 spiro atoms. The van der Waals surface area contributed by atoms with Crippen LogP contribution < -0.4 is 14.8 Å². The van der Waals surface area contributed by atoms with Crippen molar-refractivity contribution < 1.29 is 23.8 Å². The molecule has 0 bridgehead atoms. The number of methoxy groups -OCH3 is 1.